The van der Waals surface area contributed by atoms with Gasteiger partial charge in [-0.15, -0.1) is 0 Å². The molecule has 0 radical (unpaired) electrons. The van der Waals surface area contributed by atoms with Crippen LogP contribution < -0.4 is 5.32 Å². The van der Waals surface area contributed by atoms with Gasteiger partial charge in [-0.2, -0.15) is 4.98 Å². The van der Waals surface area contributed by atoms with Crippen LogP contribution in [0.15, 0.2) is 59.1 Å². The number of benzene rings is 2. The van der Waals surface area contributed by atoms with Crippen molar-refractivity contribution in [1.82, 2.24) is 20.4 Å². The molecule has 2 aromatic carbocycles. The molecule has 1 N–H and O–H groups in total. The number of carbonyl (C=O) groups excluding carboxylic acids is 2. The Morgan fingerprint density at radius 3 is 2.83 bits per heavy atom. The van der Waals surface area contributed by atoms with E-state index >= 15 is 0 Å². The second-order valence-corrected chi connectivity index (χ2v) is 7.16. The number of hydrogen-bond donors (Lipinski definition) is 1. The maximum atomic E-state index is 12.3. The molecule has 2 heterocycles. The van der Waals surface area contributed by atoms with Crippen molar-refractivity contribution in [1.29, 1.82) is 0 Å². The Labute approximate surface area is 168 Å². The lowest BCUT2D eigenvalue weighted by molar-refractivity contribution is -0.130. The number of aryl methyl sites for hydroxylation is 1. The molecule has 1 saturated heterocycles. The number of nitrogens with zero attached hydrogens (tertiary/aromatic N) is 3. The van der Waals surface area contributed by atoms with Crippen molar-refractivity contribution >= 4 is 11.8 Å². The van der Waals surface area contributed by atoms with Crippen molar-refractivity contribution in [2.45, 2.75) is 38.9 Å². The molecule has 1 aliphatic heterocycles. The largest absolute Gasteiger partial charge is 0.345 e. The number of rotatable bonds is 6. The lowest BCUT2D eigenvalue weighted by atomic mass is 10.1. The first-order valence-electron chi connectivity index (χ1n) is 9.61. The molecule has 0 saturated carbocycles. The van der Waals surface area contributed by atoms with Gasteiger partial charge in [-0.1, -0.05) is 53.2 Å². The van der Waals surface area contributed by atoms with Crippen molar-refractivity contribution in [2.75, 3.05) is 0 Å². The minimum absolute atomic E-state index is 0.0753. The van der Waals surface area contributed by atoms with Crippen LogP contribution in [-0.4, -0.2) is 26.9 Å². The Hall–Kier alpha value is -3.48. The molecule has 3 aromatic rings. The molecule has 7 heteroatoms. The molecular formula is C22H22N4O3. The summed E-state index contributed by atoms with van der Waals surface area (Å²) in [4.78, 5) is 30.8. The normalized spacial score (nSPS) is 16.2. The highest BCUT2D eigenvalue weighted by Gasteiger charge is 2.35. The molecule has 4 rings (SSSR count). The fourth-order valence-electron chi connectivity index (χ4n) is 3.49. The van der Waals surface area contributed by atoms with Gasteiger partial charge in [0.15, 0.2) is 5.82 Å². The smallest absolute Gasteiger partial charge is 0.251 e. The Kier molecular flexibility index (Phi) is 5.37. The summed E-state index contributed by atoms with van der Waals surface area (Å²) < 4.78 is 5.42. The summed E-state index contributed by atoms with van der Waals surface area (Å²) in [6.45, 7) is 2.61. The summed E-state index contributed by atoms with van der Waals surface area (Å²) in [7, 11) is 0. The molecule has 1 fully saturated rings. The fraction of sp³-hybridized carbons (Fsp3) is 0.273. The summed E-state index contributed by atoms with van der Waals surface area (Å²) in [5.41, 5.74) is 2.66. The van der Waals surface area contributed by atoms with Crippen LogP contribution in [0, 0.1) is 6.92 Å². The van der Waals surface area contributed by atoms with E-state index in [0.717, 1.165) is 11.1 Å². The van der Waals surface area contributed by atoms with E-state index in [-0.39, 0.29) is 24.4 Å². The van der Waals surface area contributed by atoms with Gasteiger partial charge >= 0.3 is 0 Å². The molecule has 0 unspecified atom stereocenters. The quantitative estimate of drug-likeness (QED) is 0.698. The Bertz CT molecular complexity index is 1020. The molecule has 7 nitrogen and oxygen atoms in total. The van der Waals surface area contributed by atoms with Crippen LogP contribution in [0.3, 0.4) is 0 Å². The molecule has 0 spiro atoms. The number of aromatic nitrogens is 2. The first kappa shape index (κ1) is 18.9. The highest BCUT2D eigenvalue weighted by Crippen LogP contribution is 2.33. The number of amides is 2. The monoisotopic (exact) mass is 390 g/mol. The Morgan fingerprint density at radius 1 is 1.21 bits per heavy atom. The van der Waals surface area contributed by atoms with Gasteiger partial charge in [-0.3, -0.25) is 9.59 Å². The summed E-state index contributed by atoms with van der Waals surface area (Å²) in [6.07, 6.45) is 1.10. The zero-order valence-electron chi connectivity index (χ0n) is 16.2. The number of nitrogens with one attached hydrogen (secondary N) is 1. The molecule has 0 aliphatic carbocycles. The predicted octanol–water partition coefficient (Wildman–Crippen LogP) is 3.17. The van der Waals surface area contributed by atoms with Gasteiger partial charge in [0.2, 0.25) is 11.8 Å². The molecule has 1 aliphatic rings. The van der Waals surface area contributed by atoms with Crippen LogP contribution in [0.25, 0.3) is 0 Å². The third-order valence-electron chi connectivity index (χ3n) is 4.98. The van der Waals surface area contributed by atoms with E-state index in [9.17, 15) is 9.59 Å². The van der Waals surface area contributed by atoms with Crippen molar-refractivity contribution in [3.63, 3.8) is 0 Å². The summed E-state index contributed by atoms with van der Waals surface area (Å²) in [5.74, 6) is 0.680. The van der Waals surface area contributed by atoms with Gasteiger partial charge in [0.05, 0.1) is 6.54 Å². The van der Waals surface area contributed by atoms with Gasteiger partial charge in [-0.05, 0) is 31.0 Å². The minimum Gasteiger partial charge on any atom is -0.345 e. The average Bonchev–Trinajstić information content (AvgIpc) is 3.34. The van der Waals surface area contributed by atoms with E-state index in [1.54, 1.807) is 11.0 Å². The molecular weight excluding hydrogens is 368 g/mol. The van der Waals surface area contributed by atoms with Crippen LogP contribution in [0.5, 0.6) is 0 Å². The molecule has 2 amide bonds. The standard InChI is InChI=1S/C22H22N4O3/c1-15-6-5-9-17(12-15)21(28)23-13-19-24-22(29-25-19)18-10-11-20(27)26(18)14-16-7-3-2-4-8-16/h2-9,12,18H,10-11,13-14H2,1H3,(H,23,28)/t18-/m0/s1. The number of likely N-dealkylation sites (tertiary alicyclic amines) is 1. The van der Waals surface area contributed by atoms with Crippen molar-refractivity contribution in [3.8, 4) is 0 Å². The maximum Gasteiger partial charge on any atom is 0.251 e. The van der Waals surface area contributed by atoms with Crippen molar-refractivity contribution < 1.29 is 14.1 Å². The van der Waals surface area contributed by atoms with E-state index < -0.39 is 0 Å². The SMILES string of the molecule is Cc1cccc(C(=O)NCc2noc([C@@H]3CCC(=O)N3Cc3ccccc3)n2)c1. The molecule has 1 aromatic heterocycles. The van der Waals surface area contributed by atoms with Gasteiger partial charge in [0.25, 0.3) is 5.91 Å². The van der Waals surface area contributed by atoms with E-state index in [1.165, 1.54) is 0 Å². The second-order valence-electron chi connectivity index (χ2n) is 7.16. The van der Waals surface area contributed by atoms with Crippen LogP contribution >= 0.6 is 0 Å². The third kappa shape index (κ3) is 4.34. The topological polar surface area (TPSA) is 88.3 Å². The van der Waals surface area contributed by atoms with Crippen molar-refractivity contribution in [3.05, 3.63) is 83.0 Å². The lowest BCUT2D eigenvalue weighted by Crippen LogP contribution is -2.27. The summed E-state index contributed by atoms with van der Waals surface area (Å²) >= 11 is 0. The van der Waals surface area contributed by atoms with Gasteiger partial charge in [0, 0.05) is 18.5 Å². The number of hydrogen-bond acceptors (Lipinski definition) is 5. The fourth-order valence-corrected chi connectivity index (χ4v) is 3.49. The Balaban J connectivity index is 1.41. The molecule has 0 bridgehead atoms. The first-order chi connectivity index (χ1) is 14.1. The minimum atomic E-state index is -0.239. The third-order valence-corrected chi connectivity index (χ3v) is 4.98. The summed E-state index contributed by atoms with van der Waals surface area (Å²) in [5, 5.41) is 6.77. The zero-order valence-corrected chi connectivity index (χ0v) is 16.2. The average molecular weight is 390 g/mol. The maximum absolute atomic E-state index is 12.3. The van der Waals surface area contributed by atoms with Crippen LogP contribution in [0.4, 0.5) is 0 Å². The van der Waals surface area contributed by atoms with E-state index in [0.29, 0.717) is 36.7 Å². The highest BCUT2D eigenvalue weighted by atomic mass is 16.5. The highest BCUT2D eigenvalue weighted by molar-refractivity contribution is 5.94. The van der Waals surface area contributed by atoms with Gasteiger partial charge < -0.3 is 14.7 Å². The molecule has 148 valence electrons. The predicted molar refractivity (Wildman–Crippen MR) is 106 cm³/mol. The van der Waals surface area contributed by atoms with E-state index in [2.05, 4.69) is 15.5 Å². The lowest BCUT2D eigenvalue weighted by Gasteiger charge is -2.22. The second kappa shape index (κ2) is 8.26. The van der Waals surface area contributed by atoms with Gasteiger partial charge in [0.1, 0.15) is 6.04 Å². The summed E-state index contributed by atoms with van der Waals surface area (Å²) in [6, 6.07) is 16.9. The number of carbonyl (C=O) groups is 2. The van der Waals surface area contributed by atoms with Crippen LogP contribution in [0.1, 0.15) is 52.1 Å². The van der Waals surface area contributed by atoms with E-state index in [4.69, 9.17) is 4.52 Å². The van der Waals surface area contributed by atoms with Crippen molar-refractivity contribution in [2.24, 2.45) is 0 Å². The van der Waals surface area contributed by atoms with Crippen LogP contribution in [-0.2, 0) is 17.9 Å². The zero-order chi connectivity index (χ0) is 20.2. The molecule has 29 heavy (non-hydrogen) atoms. The van der Waals surface area contributed by atoms with Crippen LogP contribution in [0.2, 0.25) is 0 Å². The first-order valence-corrected chi connectivity index (χ1v) is 9.61. The molecule has 1 atom stereocenters. The Morgan fingerprint density at radius 2 is 2.03 bits per heavy atom. The van der Waals surface area contributed by atoms with E-state index in [1.807, 2.05) is 55.5 Å². The van der Waals surface area contributed by atoms with Gasteiger partial charge in [-0.25, -0.2) is 0 Å².